The highest BCUT2D eigenvalue weighted by atomic mass is 32.4. The van der Waals surface area contributed by atoms with Crippen molar-refractivity contribution in [3.8, 4) is 0 Å². The summed E-state index contributed by atoms with van der Waals surface area (Å²) in [4.78, 5) is 2.55. The van der Waals surface area contributed by atoms with Gasteiger partial charge in [-0.05, 0) is 62.5 Å². The van der Waals surface area contributed by atoms with Crippen molar-refractivity contribution in [3.05, 3.63) is 53.1 Å². The van der Waals surface area contributed by atoms with Crippen LogP contribution in [0.15, 0.2) is 53.1 Å². The van der Waals surface area contributed by atoms with Gasteiger partial charge in [-0.3, -0.25) is 5.43 Å². The molecule has 5 rings (SSSR count). The van der Waals surface area contributed by atoms with Crippen LogP contribution in [0.3, 0.4) is 0 Å². The number of nitrogens with zero attached hydrogens (tertiary/aromatic N) is 2. The number of anilines is 1. The van der Waals surface area contributed by atoms with E-state index >= 15 is 0 Å². The van der Waals surface area contributed by atoms with Crippen LogP contribution in [0.5, 0.6) is 0 Å². The van der Waals surface area contributed by atoms with Crippen molar-refractivity contribution >= 4 is 23.9 Å². The molecule has 0 unspecified atom stereocenters. The van der Waals surface area contributed by atoms with Gasteiger partial charge < -0.3 is 14.2 Å². The zero-order valence-corrected chi connectivity index (χ0v) is 17.9. The summed E-state index contributed by atoms with van der Waals surface area (Å²) in [5.41, 5.74) is 7.26. The molecule has 150 valence electrons. The van der Waals surface area contributed by atoms with Crippen molar-refractivity contribution in [1.82, 2.24) is 10.3 Å². The summed E-state index contributed by atoms with van der Waals surface area (Å²) in [5, 5.41) is 1.25. The van der Waals surface area contributed by atoms with Crippen molar-refractivity contribution in [2.45, 2.75) is 44.6 Å². The van der Waals surface area contributed by atoms with Crippen LogP contribution >= 0.6 is 6.42 Å². The summed E-state index contributed by atoms with van der Waals surface area (Å²) in [6.45, 7) is 3.69. The molecular formula is C21H28N3O2PS. The molecule has 0 saturated carbocycles. The van der Waals surface area contributed by atoms with Crippen molar-refractivity contribution in [2.75, 3.05) is 31.1 Å². The lowest BCUT2D eigenvalue weighted by molar-refractivity contribution is 0.0721. The fourth-order valence-electron chi connectivity index (χ4n) is 4.58. The van der Waals surface area contributed by atoms with E-state index in [-0.39, 0.29) is 6.10 Å². The van der Waals surface area contributed by atoms with Crippen LogP contribution in [0, 0.1) is 0 Å². The number of benzene rings is 1. The summed E-state index contributed by atoms with van der Waals surface area (Å²) in [7, 11) is 0. The Hall–Kier alpha value is -1.33. The Bertz CT molecular complexity index is 829. The first kappa shape index (κ1) is 18.7. The van der Waals surface area contributed by atoms with Gasteiger partial charge in [0, 0.05) is 25.4 Å². The molecule has 0 aromatic heterocycles. The third kappa shape index (κ3) is 3.30. The van der Waals surface area contributed by atoms with Crippen LogP contribution in [0.4, 0.5) is 5.69 Å². The largest absolute Gasteiger partial charge is 0.376 e. The van der Waals surface area contributed by atoms with Gasteiger partial charge in [-0.1, -0.05) is 24.3 Å². The number of fused-ring (bicyclic) bond motifs is 1. The van der Waals surface area contributed by atoms with E-state index in [1.54, 1.807) is 0 Å². The van der Waals surface area contributed by atoms with Crippen molar-refractivity contribution in [1.29, 1.82) is 0 Å². The third-order valence-electron chi connectivity index (χ3n) is 5.98. The Balaban J connectivity index is 1.55. The molecule has 2 atom stereocenters. The van der Waals surface area contributed by atoms with Crippen LogP contribution in [0.1, 0.15) is 38.5 Å². The molecule has 0 radical (unpaired) electrons. The van der Waals surface area contributed by atoms with Crippen LogP contribution < -0.4 is 10.2 Å². The zero-order chi connectivity index (χ0) is 19.0. The third-order valence-corrected chi connectivity index (χ3v) is 9.75. The van der Waals surface area contributed by atoms with Gasteiger partial charge in [-0.15, -0.1) is 0 Å². The van der Waals surface area contributed by atoms with E-state index < -0.39 is 6.42 Å². The molecule has 1 aromatic rings. The second-order valence-electron chi connectivity index (χ2n) is 7.86. The van der Waals surface area contributed by atoms with E-state index in [0.717, 1.165) is 56.8 Å². The topological polar surface area (TPSA) is 37.0 Å². The highest BCUT2D eigenvalue weighted by molar-refractivity contribution is 8.15. The summed E-state index contributed by atoms with van der Waals surface area (Å²) < 4.78 is 14.6. The fraction of sp³-hybridized carbons (Fsp3) is 0.524. The lowest BCUT2D eigenvalue weighted by atomic mass is 10.1. The zero-order valence-electron chi connectivity index (χ0n) is 16.2. The Labute approximate surface area is 172 Å². The molecule has 3 aliphatic heterocycles. The van der Waals surface area contributed by atoms with Crippen molar-refractivity contribution < 1.29 is 9.26 Å². The number of allylic oxidation sites excluding steroid dienone is 3. The van der Waals surface area contributed by atoms with Gasteiger partial charge in [0.05, 0.1) is 29.4 Å². The molecule has 0 bridgehead atoms. The molecule has 0 spiro atoms. The first-order chi connectivity index (χ1) is 13.8. The Morgan fingerprint density at radius 2 is 2.00 bits per heavy atom. The number of para-hydroxylation sites is 1. The second-order valence-corrected chi connectivity index (χ2v) is 11.5. The highest BCUT2D eigenvalue weighted by Crippen LogP contribution is 2.67. The molecule has 4 aliphatic rings. The van der Waals surface area contributed by atoms with Crippen LogP contribution in [-0.2, 0) is 21.1 Å². The first-order valence-corrected chi connectivity index (χ1v) is 13.1. The molecule has 5 nitrogen and oxygen atoms in total. The van der Waals surface area contributed by atoms with Crippen LogP contribution in [0.25, 0.3) is 0 Å². The van der Waals surface area contributed by atoms with Gasteiger partial charge in [-0.25, -0.2) is 4.78 Å². The average molecular weight is 418 g/mol. The predicted octanol–water partition coefficient (Wildman–Crippen LogP) is 4.50. The predicted molar refractivity (Wildman–Crippen MR) is 116 cm³/mol. The molecule has 3 saturated heterocycles. The number of rotatable bonds is 5. The maximum atomic E-state index is 6.64. The average Bonchev–Trinajstić information content (AvgIpc) is 3.48. The maximum absolute atomic E-state index is 6.64. The maximum Gasteiger partial charge on any atom is 0.208 e. The van der Waals surface area contributed by atoms with Gasteiger partial charge in [-0.2, -0.15) is 0 Å². The van der Waals surface area contributed by atoms with E-state index in [1.165, 1.54) is 23.9 Å². The smallest absolute Gasteiger partial charge is 0.208 e. The number of hydrogen-bond acceptors (Lipinski definition) is 5. The first-order valence-electron chi connectivity index (χ1n) is 10.4. The summed E-state index contributed by atoms with van der Waals surface area (Å²) in [5.74, 6) is 0. The van der Waals surface area contributed by atoms with Gasteiger partial charge in [0.1, 0.15) is 0 Å². The molecule has 0 amide bonds. The number of hydrogen-bond donors (Lipinski definition) is 1. The highest BCUT2D eigenvalue weighted by Gasteiger charge is 2.45. The Kier molecular flexibility index (Phi) is 5.22. The Morgan fingerprint density at radius 1 is 1.18 bits per heavy atom. The van der Waals surface area contributed by atoms with E-state index in [1.807, 2.05) is 6.07 Å². The monoisotopic (exact) mass is 417 g/mol. The fourth-order valence-corrected chi connectivity index (χ4v) is 8.29. The van der Waals surface area contributed by atoms with Gasteiger partial charge >= 0.3 is 0 Å². The summed E-state index contributed by atoms with van der Waals surface area (Å²) in [6, 6.07) is 10.4. The standard InChI is InChI=1S/C21H28N3O2PS/c28-27(26-16-18-10-7-15-25-18)21-19(22-24(27)17-8-2-1-3-9-17)11-6-12-20(21)23-13-4-5-14-23/h1-3,8-9,11,18,22H,4-7,10,12-16H2/t18-,27+/m0/s1. The minimum atomic E-state index is -2.45. The lowest BCUT2D eigenvalue weighted by Crippen LogP contribution is -2.28. The lowest BCUT2D eigenvalue weighted by Gasteiger charge is -2.32. The SMILES string of the molecule is S=[P@]1(OC[C@@H]2CCCO2)C2=C(N3CCCC3)CCC=C2NN1c1ccccc1. The molecular weight excluding hydrogens is 389 g/mol. The Morgan fingerprint density at radius 3 is 2.75 bits per heavy atom. The van der Waals surface area contributed by atoms with Gasteiger partial charge in [0.15, 0.2) is 0 Å². The number of likely N-dealkylation sites (tertiary alicyclic amines) is 1. The quantitative estimate of drug-likeness (QED) is 0.711. The molecule has 1 N–H and O–H groups in total. The molecule has 3 heterocycles. The normalized spacial score (nSPS) is 29.9. The number of ether oxygens (including phenoxy) is 1. The van der Waals surface area contributed by atoms with Crippen LogP contribution in [-0.4, -0.2) is 37.3 Å². The van der Waals surface area contributed by atoms with Crippen molar-refractivity contribution in [2.24, 2.45) is 0 Å². The van der Waals surface area contributed by atoms with Gasteiger partial charge in [0.2, 0.25) is 6.42 Å². The number of nitrogens with one attached hydrogen (secondary N) is 1. The molecule has 28 heavy (non-hydrogen) atoms. The van der Waals surface area contributed by atoms with Crippen molar-refractivity contribution in [3.63, 3.8) is 0 Å². The summed E-state index contributed by atoms with van der Waals surface area (Å²) >= 11 is 6.39. The molecule has 3 fully saturated rings. The molecule has 7 heteroatoms. The van der Waals surface area contributed by atoms with Gasteiger partial charge in [0.25, 0.3) is 0 Å². The minimum Gasteiger partial charge on any atom is -0.376 e. The van der Waals surface area contributed by atoms with E-state index in [0.29, 0.717) is 6.61 Å². The minimum absolute atomic E-state index is 0.171. The molecule has 1 aromatic carbocycles. The second kappa shape index (κ2) is 7.83. The van der Waals surface area contributed by atoms with E-state index in [4.69, 9.17) is 21.1 Å². The summed E-state index contributed by atoms with van der Waals surface area (Å²) in [6.07, 6.45) is 6.86. The van der Waals surface area contributed by atoms with E-state index in [2.05, 4.69) is 45.4 Å². The number of hydrazine groups is 1. The van der Waals surface area contributed by atoms with Crippen LogP contribution in [0.2, 0.25) is 0 Å². The molecule has 1 aliphatic carbocycles. The van der Waals surface area contributed by atoms with E-state index in [9.17, 15) is 0 Å².